The van der Waals surface area contributed by atoms with Gasteiger partial charge in [-0.15, -0.1) is 0 Å². The lowest BCUT2D eigenvalue weighted by Crippen LogP contribution is -2.05. The third-order valence-electron chi connectivity index (χ3n) is 6.02. The topological polar surface area (TPSA) is 76.7 Å². The van der Waals surface area contributed by atoms with Gasteiger partial charge in [0.25, 0.3) is 0 Å². The van der Waals surface area contributed by atoms with Gasteiger partial charge in [0.15, 0.2) is 5.82 Å². The van der Waals surface area contributed by atoms with E-state index in [-0.39, 0.29) is 0 Å². The number of para-hydroxylation sites is 2. The van der Waals surface area contributed by atoms with Crippen LogP contribution in [0.3, 0.4) is 0 Å². The highest BCUT2D eigenvalue weighted by molar-refractivity contribution is 5.96. The molecule has 6 nitrogen and oxygen atoms in total. The number of H-pyrrole nitrogens is 1. The third kappa shape index (κ3) is 4.22. The molecule has 0 amide bonds. The number of allylic oxidation sites excluding steroid dienone is 1. The Morgan fingerprint density at radius 2 is 1.65 bits per heavy atom. The molecule has 0 radical (unpaired) electrons. The van der Waals surface area contributed by atoms with Crippen LogP contribution in [0.4, 0.5) is 0 Å². The first-order valence-corrected chi connectivity index (χ1v) is 11.5. The van der Waals surface area contributed by atoms with Crippen LogP contribution in [0.5, 0.6) is 0 Å². The van der Waals surface area contributed by atoms with E-state index in [4.69, 9.17) is 9.51 Å². The van der Waals surface area contributed by atoms with Crippen molar-refractivity contribution in [2.45, 2.75) is 33.2 Å². The van der Waals surface area contributed by atoms with Crippen LogP contribution in [0.1, 0.15) is 48.6 Å². The standard InChI is InChI=1S/C28H26N4O2/c1-3-9-25-29-23-12-7-8-13-24(23)32(25)18-20-14-16-22(17-15-20)26(21-10-5-4-6-11-21)19(2)27-30-28(33)34-31-27/h4-8,10-17H,3,9,18H2,1-2H3,(H,30,31,33)/b26-19+. The predicted molar refractivity (Wildman–Crippen MR) is 134 cm³/mol. The summed E-state index contributed by atoms with van der Waals surface area (Å²) < 4.78 is 7.06. The van der Waals surface area contributed by atoms with E-state index < -0.39 is 5.76 Å². The molecule has 170 valence electrons. The Hall–Kier alpha value is -4.19. The number of imidazole rings is 1. The zero-order valence-electron chi connectivity index (χ0n) is 19.3. The third-order valence-corrected chi connectivity index (χ3v) is 6.02. The summed E-state index contributed by atoms with van der Waals surface area (Å²) in [6, 6.07) is 27.0. The van der Waals surface area contributed by atoms with E-state index in [2.05, 4.69) is 76.2 Å². The van der Waals surface area contributed by atoms with Gasteiger partial charge < -0.3 is 4.57 Å². The van der Waals surface area contributed by atoms with E-state index in [0.717, 1.165) is 58.5 Å². The lowest BCUT2D eigenvalue weighted by molar-refractivity contribution is 0.385. The number of fused-ring (bicyclic) bond motifs is 1. The number of benzene rings is 3. The minimum Gasteiger partial charge on any atom is -0.323 e. The summed E-state index contributed by atoms with van der Waals surface area (Å²) in [6.45, 7) is 4.88. The van der Waals surface area contributed by atoms with E-state index in [1.807, 2.05) is 31.2 Å². The largest absolute Gasteiger partial charge is 0.439 e. The van der Waals surface area contributed by atoms with Gasteiger partial charge in [0.2, 0.25) is 0 Å². The van der Waals surface area contributed by atoms with Crippen LogP contribution in [-0.4, -0.2) is 19.7 Å². The van der Waals surface area contributed by atoms with Crippen LogP contribution in [0.2, 0.25) is 0 Å². The van der Waals surface area contributed by atoms with Crippen molar-refractivity contribution in [2.75, 3.05) is 0 Å². The van der Waals surface area contributed by atoms with Gasteiger partial charge in [0.05, 0.1) is 11.0 Å². The molecule has 0 atom stereocenters. The maximum absolute atomic E-state index is 11.5. The van der Waals surface area contributed by atoms with Crippen molar-refractivity contribution in [3.8, 4) is 0 Å². The SMILES string of the molecule is CCCc1nc2ccccc2n1Cc1ccc(/C(=C(\C)c2noc(=O)[nH]2)c2ccccc2)cc1. The summed E-state index contributed by atoms with van der Waals surface area (Å²) in [6.07, 6.45) is 2.00. The minimum absolute atomic E-state index is 0.432. The average Bonchev–Trinajstić information content (AvgIpc) is 3.45. The molecule has 0 spiro atoms. The highest BCUT2D eigenvalue weighted by Gasteiger charge is 2.15. The first-order chi connectivity index (χ1) is 16.6. The summed E-state index contributed by atoms with van der Waals surface area (Å²) in [7, 11) is 0. The Morgan fingerprint density at radius 1 is 0.941 bits per heavy atom. The molecular weight excluding hydrogens is 424 g/mol. The first kappa shape index (κ1) is 21.6. The Bertz CT molecular complexity index is 1510. The highest BCUT2D eigenvalue weighted by atomic mass is 16.5. The quantitative estimate of drug-likeness (QED) is 0.345. The van der Waals surface area contributed by atoms with Crippen LogP contribution >= 0.6 is 0 Å². The number of hydrogen-bond acceptors (Lipinski definition) is 4. The molecule has 0 fully saturated rings. The number of aromatic nitrogens is 4. The second-order valence-corrected chi connectivity index (χ2v) is 8.36. The van der Waals surface area contributed by atoms with Crippen LogP contribution in [-0.2, 0) is 13.0 Å². The molecule has 0 aliphatic heterocycles. The fraction of sp³-hybridized carbons (Fsp3) is 0.179. The van der Waals surface area contributed by atoms with E-state index in [0.29, 0.717) is 5.82 Å². The number of hydrogen-bond donors (Lipinski definition) is 1. The van der Waals surface area contributed by atoms with Crippen LogP contribution in [0, 0.1) is 0 Å². The molecule has 2 aromatic heterocycles. The summed E-state index contributed by atoms with van der Waals surface area (Å²) in [4.78, 5) is 19.1. The summed E-state index contributed by atoms with van der Waals surface area (Å²) in [5.74, 6) is 0.984. The van der Waals surface area contributed by atoms with Crippen molar-refractivity contribution >= 4 is 22.2 Å². The maximum atomic E-state index is 11.5. The second-order valence-electron chi connectivity index (χ2n) is 8.36. The fourth-order valence-corrected chi connectivity index (χ4v) is 4.39. The van der Waals surface area contributed by atoms with Gasteiger partial charge in [0.1, 0.15) is 5.82 Å². The Balaban J connectivity index is 1.53. The van der Waals surface area contributed by atoms with Gasteiger partial charge in [-0.25, -0.2) is 9.78 Å². The lowest BCUT2D eigenvalue weighted by Gasteiger charge is -2.14. The molecule has 0 unspecified atom stereocenters. The molecule has 0 aliphatic rings. The van der Waals surface area contributed by atoms with E-state index in [9.17, 15) is 4.79 Å². The molecule has 0 aliphatic carbocycles. The molecule has 0 bridgehead atoms. The normalized spacial score (nSPS) is 12.2. The fourth-order valence-electron chi connectivity index (χ4n) is 4.39. The number of aryl methyl sites for hydroxylation is 1. The van der Waals surface area contributed by atoms with Crippen LogP contribution in [0.15, 0.2) is 88.2 Å². The smallest absolute Gasteiger partial charge is 0.323 e. The van der Waals surface area contributed by atoms with Crippen molar-refractivity contribution in [2.24, 2.45) is 0 Å². The van der Waals surface area contributed by atoms with Gasteiger partial charge in [0, 0.05) is 18.5 Å². The van der Waals surface area contributed by atoms with Gasteiger partial charge in [-0.1, -0.05) is 78.8 Å². The molecule has 0 saturated carbocycles. The van der Waals surface area contributed by atoms with Crippen molar-refractivity contribution < 1.29 is 4.52 Å². The Kier molecular flexibility index (Phi) is 5.95. The maximum Gasteiger partial charge on any atom is 0.439 e. The average molecular weight is 451 g/mol. The molecule has 3 aromatic carbocycles. The molecule has 1 N–H and O–H groups in total. The molecule has 0 saturated heterocycles. The summed E-state index contributed by atoms with van der Waals surface area (Å²) >= 11 is 0. The molecule has 5 aromatic rings. The predicted octanol–water partition coefficient (Wildman–Crippen LogP) is 5.69. The van der Waals surface area contributed by atoms with E-state index in [1.54, 1.807) is 0 Å². The van der Waals surface area contributed by atoms with E-state index >= 15 is 0 Å². The van der Waals surface area contributed by atoms with Crippen molar-refractivity contribution in [3.63, 3.8) is 0 Å². The number of nitrogens with zero attached hydrogens (tertiary/aromatic N) is 3. The van der Waals surface area contributed by atoms with Gasteiger partial charge in [-0.2, -0.15) is 0 Å². The monoisotopic (exact) mass is 450 g/mol. The molecule has 2 heterocycles. The zero-order chi connectivity index (χ0) is 23.5. The summed E-state index contributed by atoms with van der Waals surface area (Å²) in [5.41, 5.74) is 7.32. The molecule has 34 heavy (non-hydrogen) atoms. The van der Waals surface area contributed by atoms with Crippen molar-refractivity contribution in [1.29, 1.82) is 0 Å². The second kappa shape index (κ2) is 9.35. The van der Waals surface area contributed by atoms with Crippen LogP contribution in [0.25, 0.3) is 22.2 Å². The van der Waals surface area contributed by atoms with Gasteiger partial charge in [-0.05, 0) is 47.7 Å². The van der Waals surface area contributed by atoms with Crippen molar-refractivity contribution in [1.82, 2.24) is 19.7 Å². The van der Waals surface area contributed by atoms with Crippen LogP contribution < -0.4 is 5.76 Å². The molecule has 5 rings (SSSR count). The lowest BCUT2D eigenvalue weighted by atomic mass is 9.92. The number of nitrogens with one attached hydrogen (secondary N) is 1. The Morgan fingerprint density at radius 3 is 2.35 bits per heavy atom. The molecule has 6 heteroatoms. The van der Waals surface area contributed by atoms with E-state index in [1.165, 1.54) is 5.56 Å². The summed E-state index contributed by atoms with van der Waals surface area (Å²) in [5, 5.41) is 3.90. The minimum atomic E-state index is -0.562. The van der Waals surface area contributed by atoms with Crippen molar-refractivity contribution in [3.05, 3.63) is 118 Å². The van der Waals surface area contributed by atoms with Gasteiger partial charge >= 0.3 is 5.76 Å². The zero-order valence-corrected chi connectivity index (χ0v) is 19.3. The first-order valence-electron chi connectivity index (χ1n) is 11.5. The molecular formula is C28H26N4O2. The van der Waals surface area contributed by atoms with Gasteiger partial charge in [-0.3, -0.25) is 9.51 Å². The number of rotatable bonds is 7. The number of aromatic amines is 1. The Labute approximate surface area is 197 Å². The highest BCUT2D eigenvalue weighted by Crippen LogP contribution is 2.31.